The number of rotatable bonds is 8. The van der Waals surface area contributed by atoms with Crippen LogP contribution in [0.4, 0.5) is 5.00 Å². The van der Waals surface area contributed by atoms with Gasteiger partial charge in [-0.05, 0) is 25.3 Å². The third kappa shape index (κ3) is 4.67. The average molecular weight is 409 g/mol. The van der Waals surface area contributed by atoms with Crippen LogP contribution in [-0.4, -0.2) is 67.7 Å². The first-order valence-corrected chi connectivity index (χ1v) is 11.0. The topological polar surface area (TPSA) is 65.1 Å². The monoisotopic (exact) mass is 408 g/mol. The number of ether oxygens (including phenoxy) is 1. The molecule has 28 heavy (non-hydrogen) atoms. The highest BCUT2D eigenvalue weighted by Gasteiger charge is 2.31. The lowest BCUT2D eigenvalue weighted by atomic mass is 10.1. The van der Waals surface area contributed by atoms with Crippen molar-refractivity contribution in [1.29, 1.82) is 0 Å². The Hall–Kier alpha value is -1.64. The predicted molar refractivity (Wildman–Crippen MR) is 111 cm³/mol. The molecule has 8 heteroatoms. The van der Waals surface area contributed by atoms with Crippen molar-refractivity contribution in [3.05, 3.63) is 16.0 Å². The number of carbonyl (C=O) groups is 2. The zero-order valence-electron chi connectivity index (χ0n) is 17.4. The largest absolute Gasteiger partial charge is 0.380 e. The summed E-state index contributed by atoms with van der Waals surface area (Å²) in [5, 5.41) is 3.91. The second-order valence-corrected chi connectivity index (χ2v) is 9.01. The van der Waals surface area contributed by atoms with Gasteiger partial charge in [-0.25, -0.2) is 0 Å². The minimum absolute atomic E-state index is 0.424. The van der Waals surface area contributed by atoms with Crippen molar-refractivity contribution in [3.63, 3.8) is 0 Å². The first-order valence-electron chi connectivity index (χ1n) is 10.1. The van der Waals surface area contributed by atoms with E-state index < -0.39 is 11.8 Å². The fraction of sp³-hybridized carbons (Fsp3) is 0.700. The lowest BCUT2D eigenvalue weighted by Crippen LogP contribution is -2.51. The Balaban J connectivity index is 1.81. The summed E-state index contributed by atoms with van der Waals surface area (Å²) >= 11 is 1.76. The van der Waals surface area contributed by atoms with E-state index in [1.807, 2.05) is 6.92 Å². The average Bonchev–Trinajstić information content (AvgIpc) is 2.95. The summed E-state index contributed by atoms with van der Waals surface area (Å²) in [7, 11) is 0. The molecule has 0 unspecified atom stereocenters. The highest BCUT2D eigenvalue weighted by atomic mass is 32.1. The molecule has 1 N–H and O–H groups in total. The van der Waals surface area contributed by atoms with E-state index in [0.29, 0.717) is 32.2 Å². The van der Waals surface area contributed by atoms with E-state index in [4.69, 9.17) is 4.74 Å². The second kappa shape index (κ2) is 9.24. The summed E-state index contributed by atoms with van der Waals surface area (Å²) in [5.74, 6) is -0.309. The van der Waals surface area contributed by atoms with E-state index in [1.165, 1.54) is 21.0 Å². The third-order valence-electron chi connectivity index (χ3n) is 5.20. The van der Waals surface area contributed by atoms with Crippen LogP contribution in [0.5, 0.6) is 0 Å². The van der Waals surface area contributed by atoms with Crippen LogP contribution in [0.15, 0.2) is 0 Å². The van der Waals surface area contributed by atoms with Crippen molar-refractivity contribution in [1.82, 2.24) is 15.1 Å². The molecule has 3 heterocycles. The van der Waals surface area contributed by atoms with Gasteiger partial charge in [0, 0.05) is 49.8 Å². The Labute approximate surface area is 171 Å². The molecule has 3 rings (SSSR count). The Morgan fingerprint density at radius 1 is 1.25 bits per heavy atom. The summed E-state index contributed by atoms with van der Waals surface area (Å²) in [4.78, 5) is 31.6. The molecule has 7 nitrogen and oxygen atoms in total. The van der Waals surface area contributed by atoms with Crippen LogP contribution in [0.25, 0.3) is 0 Å². The molecule has 0 aromatic carbocycles. The van der Waals surface area contributed by atoms with Gasteiger partial charge in [-0.1, -0.05) is 13.8 Å². The lowest BCUT2D eigenvalue weighted by molar-refractivity contribution is -0.148. The third-order valence-corrected chi connectivity index (χ3v) is 6.58. The van der Waals surface area contributed by atoms with Gasteiger partial charge in [-0.3, -0.25) is 14.5 Å². The highest BCUT2D eigenvalue weighted by molar-refractivity contribution is 7.16. The van der Waals surface area contributed by atoms with Crippen molar-refractivity contribution in [2.45, 2.75) is 40.8 Å². The number of nitrogens with zero attached hydrogens (tertiary/aromatic N) is 3. The fourth-order valence-corrected chi connectivity index (χ4v) is 5.18. The number of fused-ring (bicyclic) bond motifs is 1. The van der Waals surface area contributed by atoms with E-state index in [1.54, 1.807) is 16.2 Å². The van der Waals surface area contributed by atoms with Gasteiger partial charge in [0.2, 0.25) is 0 Å². The number of amides is 2. The maximum atomic E-state index is 12.2. The molecule has 2 amide bonds. The summed E-state index contributed by atoms with van der Waals surface area (Å²) in [5.41, 5.74) is 2.62. The van der Waals surface area contributed by atoms with Crippen LogP contribution in [0, 0.1) is 12.8 Å². The van der Waals surface area contributed by atoms with E-state index >= 15 is 0 Å². The highest BCUT2D eigenvalue weighted by Crippen LogP contribution is 2.40. The minimum atomic E-state index is -0.494. The molecule has 0 atom stereocenters. The van der Waals surface area contributed by atoms with Crippen LogP contribution in [0.1, 0.15) is 36.8 Å². The molecule has 0 aliphatic carbocycles. The molecule has 1 fully saturated rings. The van der Waals surface area contributed by atoms with Gasteiger partial charge in [-0.15, -0.1) is 11.3 Å². The molecule has 0 spiro atoms. The number of piperazine rings is 1. The van der Waals surface area contributed by atoms with E-state index in [9.17, 15) is 9.59 Å². The van der Waals surface area contributed by atoms with E-state index in [0.717, 1.165) is 32.9 Å². The zero-order valence-corrected chi connectivity index (χ0v) is 18.2. The first kappa shape index (κ1) is 21.1. The van der Waals surface area contributed by atoms with Gasteiger partial charge in [0.15, 0.2) is 0 Å². The predicted octanol–water partition coefficient (Wildman–Crippen LogP) is 1.79. The maximum absolute atomic E-state index is 12.2. The number of nitrogens with one attached hydrogen (secondary N) is 1. The van der Waals surface area contributed by atoms with Gasteiger partial charge in [0.25, 0.3) is 0 Å². The van der Waals surface area contributed by atoms with Crippen molar-refractivity contribution in [2.24, 2.45) is 5.92 Å². The van der Waals surface area contributed by atoms with Crippen molar-refractivity contribution >= 4 is 28.2 Å². The van der Waals surface area contributed by atoms with Crippen LogP contribution in [0.2, 0.25) is 0 Å². The quantitative estimate of drug-likeness (QED) is 0.525. The molecule has 1 aromatic rings. The van der Waals surface area contributed by atoms with Crippen LogP contribution < -0.4 is 10.2 Å². The van der Waals surface area contributed by atoms with Gasteiger partial charge < -0.3 is 19.9 Å². The molecule has 2 aliphatic heterocycles. The Kier molecular flexibility index (Phi) is 6.95. The maximum Gasteiger partial charge on any atom is 0.312 e. The molecule has 0 radical (unpaired) electrons. The summed E-state index contributed by atoms with van der Waals surface area (Å²) < 4.78 is 5.60. The molecular weight excluding hydrogens is 376 g/mol. The van der Waals surface area contributed by atoms with Crippen LogP contribution >= 0.6 is 11.3 Å². The zero-order chi connectivity index (χ0) is 20.3. The first-order chi connectivity index (χ1) is 13.4. The molecular formula is C20H32N4O3S. The van der Waals surface area contributed by atoms with Crippen molar-refractivity contribution < 1.29 is 14.3 Å². The summed E-state index contributed by atoms with van der Waals surface area (Å²) in [6.45, 7) is 15.5. The molecule has 156 valence electrons. The van der Waals surface area contributed by atoms with Gasteiger partial charge in [-0.2, -0.15) is 0 Å². The van der Waals surface area contributed by atoms with Crippen molar-refractivity contribution in [2.75, 3.05) is 51.0 Å². The lowest BCUT2D eigenvalue weighted by Gasteiger charge is -2.37. The fourth-order valence-electron chi connectivity index (χ4n) is 3.83. The molecule has 1 saturated heterocycles. The minimum Gasteiger partial charge on any atom is -0.380 e. The summed E-state index contributed by atoms with van der Waals surface area (Å²) in [6, 6.07) is 0. The Bertz CT molecular complexity index is 719. The number of thiophene rings is 1. The number of anilines is 1. The Morgan fingerprint density at radius 3 is 2.75 bits per heavy atom. The molecule has 0 bridgehead atoms. The van der Waals surface area contributed by atoms with Gasteiger partial charge in [0.05, 0.1) is 24.8 Å². The normalized spacial score (nSPS) is 18.0. The number of hydrogen-bond acceptors (Lipinski definition) is 6. The molecule has 2 aliphatic rings. The number of carbonyl (C=O) groups excluding carboxylic acids is 2. The van der Waals surface area contributed by atoms with E-state index in [-0.39, 0.29) is 0 Å². The van der Waals surface area contributed by atoms with E-state index in [2.05, 4.69) is 35.9 Å². The van der Waals surface area contributed by atoms with Gasteiger partial charge in [0.1, 0.15) is 0 Å². The SMILES string of the molecule is CCOCCN1CN(CC(C)C)Cc2c1sc(CN1CCNC(=O)C1=O)c2C. The van der Waals surface area contributed by atoms with Crippen molar-refractivity contribution in [3.8, 4) is 0 Å². The Morgan fingerprint density at radius 2 is 2.04 bits per heavy atom. The summed E-state index contributed by atoms with van der Waals surface area (Å²) in [6.07, 6.45) is 0. The van der Waals surface area contributed by atoms with Crippen LogP contribution in [0.3, 0.4) is 0 Å². The van der Waals surface area contributed by atoms with Crippen LogP contribution in [-0.2, 0) is 27.4 Å². The molecule has 1 aromatic heterocycles. The standard InChI is InChI=1S/C20H32N4O3S/c1-5-27-9-8-24-13-22(10-14(2)3)11-16-15(4)17(28-20(16)24)12-23-7-6-21-18(25)19(23)26/h14H,5-13H2,1-4H3,(H,21,25). The number of hydrogen-bond donors (Lipinski definition) is 1. The van der Waals surface area contributed by atoms with Gasteiger partial charge >= 0.3 is 11.8 Å². The smallest absolute Gasteiger partial charge is 0.312 e. The second-order valence-electron chi connectivity index (χ2n) is 7.92. The molecule has 0 saturated carbocycles.